The predicted octanol–water partition coefficient (Wildman–Crippen LogP) is 1.22. The van der Waals surface area contributed by atoms with Gasteiger partial charge in [0.05, 0.1) is 6.10 Å². The standard InChI is InChI=1S/C12H19NO4S/c1-3-11-9(2)5-4-6-12(11)13-7-10(14)8-18(15,16)17/h4-6,10,13-14H,3,7-8H2,1-2H3,(H,15,16,17). The number of aryl methyl sites for hydroxylation is 1. The molecule has 102 valence electrons. The molecule has 1 aromatic rings. The molecule has 18 heavy (non-hydrogen) atoms. The SMILES string of the molecule is CCc1c(C)cccc1NCC(O)CS(=O)(=O)O. The minimum Gasteiger partial charge on any atom is -0.390 e. The Balaban J connectivity index is 2.66. The van der Waals surface area contributed by atoms with E-state index in [-0.39, 0.29) is 6.54 Å². The van der Waals surface area contributed by atoms with Gasteiger partial charge in [-0.25, -0.2) is 0 Å². The van der Waals surface area contributed by atoms with Gasteiger partial charge in [0.2, 0.25) is 0 Å². The summed E-state index contributed by atoms with van der Waals surface area (Å²) in [4.78, 5) is 0. The van der Waals surface area contributed by atoms with Gasteiger partial charge in [-0.1, -0.05) is 19.1 Å². The number of hydrogen-bond donors (Lipinski definition) is 3. The Labute approximate surface area is 108 Å². The molecule has 0 bridgehead atoms. The first-order valence-electron chi connectivity index (χ1n) is 5.79. The molecule has 0 saturated carbocycles. The van der Waals surface area contributed by atoms with Crippen LogP contribution >= 0.6 is 0 Å². The third-order valence-corrected chi connectivity index (χ3v) is 3.50. The molecule has 5 nitrogen and oxygen atoms in total. The number of aliphatic hydroxyl groups excluding tert-OH is 1. The first kappa shape index (κ1) is 14.9. The van der Waals surface area contributed by atoms with E-state index in [1.807, 2.05) is 32.0 Å². The van der Waals surface area contributed by atoms with Gasteiger partial charge in [-0.2, -0.15) is 8.42 Å². The summed E-state index contributed by atoms with van der Waals surface area (Å²) in [6.45, 7) is 4.11. The van der Waals surface area contributed by atoms with Crippen molar-refractivity contribution in [3.05, 3.63) is 29.3 Å². The lowest BCUT2D eigenvalue weighted by Crippen LogP contribution is -2.28. The van der Waals surface area contributed by atoms with Crippen LogP contribution in [-0.2, 0) is 16.5 Å². The van der Waals surface area contributed by atoms with Crippen LogP contribution in [-0.4, -0.2) is 36.5 Å². The largest absolute Gasteiger partial charge is 0.390 e. The fourth-order valence-electron chi connectivity index (χ4n) is 1.87. The third kappa shape index (κ3) is 4.64. The van der Waals surface area contributed by atoms with Crippen LogP contribution in [0.4, 0.5) is 5.69 Å². The number of benzene rings is 1. The number of hydrogen-bond acceptors (Lipinski definition) is 4. The fourth-order valence-corrected chi connectivity index (χ4v) is 2.47. The van der Waals surface area contributed by atoms with E-state index in [1.165, 1.54) is 0 Å². The van der Waals surface area contributed by atoms with Crippen LogP contribution in [0.15, 0.2) is 18.2 Å². The van der Waals surface area contributed by atoms with Crippen molar-refractivity contribution in [3.63, 3.8) is 0 Å². The Hall–Kier alpha value is -1.11. The highest BCUT2D eigenvalue weighted by atomic mass is 32.2. The average molecular weight is 273 g/mol. The zero-order valence-corrected chi connectivity index (χ0v) is 11.4. The molecule has 0 amide bonds. The highest BCUT2D eigenvalue weighted by Gasteiger charge is 2.14. The smallest absolute Gasteiger partial charge is 0.267 e. The van der Waals surface area contributed by atoms with Gasteiger partial charge in [0, 0.05) is 12.2 Å². The van der Waals surface area contributed by atoms with Crippen molar-refractivity contribution in [2.75, 3.05) is 17.6 Å². The van der Waals surface area contributed by atoms with E-state index >= 15 is 0 Å². The summed E-state index contributed by atoms with van der Waals surface area (Å²) < 4.78 is 29.8. The molecule has 0 aliphatic rings. The molecular formula is C12H19NO4S. The topological polar surface area (TPSA) is 86.6 Å². The maximum absolute atomic E-state index is 10.6. The first-order valence-corrected chi connectivity index (χ1v) is 7.40. The number of nitrogens with one attached hydrogen (secondary N) is 1. The summed E-state index contributed by atoms with van der Waals surface area (Å²) in [7, 11) is -4.14. The van der Waals surface area contributed by atoms with Crippen molar-refractivity contribution in [2.45, 2.75) is 26.4 Å². The van der Waals surface area contributed by atoms with E-state index in [0.717, 1.165) is 23.2 Å². The molecule has 0 aliphatic heterocycles. The Morgan fingerprint density at radius 3 is 2.61 bits per heavy atom. The van der Waals surface area contributed by atoms with Crippen LogP contribution in [0.5, 0.6) is 0 Å². The lowest BCUT2D eigenvalue weighted by atomic mass is 10.0. The fraction of sp³-hybridized carbons (Fsp3) is 0.500. The van der Waals surface area contributed by atoms with Gasteiger partial charge < -0.3 is 10.4 Å². The van der Waals surface area contributed by atoms with Gasteiger partial charge in [-0.15, -0.1) is 0 Å². The van der Waals surface area contributed by atoms with Crippen molar-refractivity contribution < 1.29 is 18.1 Å². The maximum Gasteiger partial charge on any atom is 0.267 e. The molecule has 1 aromatic carbocycles. The summed E-state index contributed by atoms with van der Waals surface area (Å²) >= 11 is 0. The van der Waals surface area contributed by atoms with Crippen molar-refractivity contribution >= 4 is 15.8 Å². The highest BCUT2D eigenvalue weighted by molar-refractivity contribution is 7.85. The molecule has 0 aliphatic carbocycles. The molecule has 0 saturated heterocycles. The average Bonchev–Trinajstić information content (AvgIpc) is 2.24. The van der Waals surface area contributed by atoms with Crippen LogP contribution in [0.25, 0.3) is 0 Å². The van der Waals surface area contributed by atoms with E-state index in [2.05, 4.69) is 5.32 Å². The zero-order chi connectivity index (χ0) is 13.8. The molecular weight excluding hydrogens is 254 g/mol. The second-order valence-electron chi connectivity index (χ2n) is 4.24. The third-order valence-electron chi connectivity index (χ3n) is 2.69. The summed E-state index contributed by atoms with van der Waals surface area (Å²) in [5, 5.41) is 12.5. The molecule has 0 heterocycles. The van der Waals surface area contributed by atoms with Crippen molar-refractivity contribution in [3.8, 4) is 0 Å². The Bertz CT molecular complexity index is 499. The molecule has 0 aromatic heterocycles. The van der Waals surface area contributed by atoms with E-state index in [1.54, 1.807) is 0 Å². The summed E-state index contributed by atoms with van der Waals surface area (Å²) in [5.41, 5.74) is 3.16. The lowest BCUT2D eigenvalue weighted by molar-refractivity contribution is 0.208. The molecule has 6 heteroatoms. The monoisotopic (exact) mass is 273 g/mol. The number of aliphatic hydroxyl groups is 1. The number of anilines is 1. The predicted molar refractivity (Wildman–Crippen MR) is 71.5 cm³/mol. The van der Waals surface area contributed by atoms with E-state index in [4.69, 9.17) is 4.55 Å². The van der Waals surface area contributed by atoms with Crippen molar-refractivity contribution in [1.82, 2.24) is 0 Å². The molecule has 1 rings (SSSR count). The van der Waals surface area contributed by atoms with Gasteiger partial charge in [-0.3, -0.25) is 4.55 Å². The minimum atomic E-state index is -4.14. The second kappa shape index (κ2) is 6.17. The zero-order valence-electron chi connectivity index (χ0n) is 10.5. The number of rotatable bonds is 6. The van der Waals surface area contributed by atoms with Crippen LogP contribution in [0.1, 0.15) is 18.1 Å². The van der Waals surface area contributed by atoms with Crippen LogP contribution in [0.3, 0.4) is 0 Å². The summed E-state index contributed by atoms with van der Waals surface area (Å²) in [6.07, 6.45) is -0.283. The molecule has 1 unspecified atom stereocenters. The van der Waals surface area contributed by atoms with Crippen LogP contribution < -0.4 is 5.32 Å². The molecule has 1 atom stereocenters. The van der Waals surface area contributed by atoms with Gasteiger partial charge in [0.1, 0.15) is 5.75 Å². The molecule has 0 radical (unpaired) electrons. The normalized spacial score (nSPS) is 13.3. The maximum atomic E-state index is 10.6. The van der Waals surface area contributed by atoms with E-state index < -0.39 is 22.0 Å². The molecule has 0 spiro atoms. The molecule has 0 fully saturated rings. The van der Waals surface area contributed by atoms with Gasteiger partial charge in [0.25, 0.3) is 10.1 Å². The first-order chi connectivity index (χ1) is 8.33. The van der Waals surface area contributed by atoms with Crippen LogP contribution in [0.2, 0.25) is 0 Å². The van der Waals surface area contributed by atoms with E-state index in [0.29, 0.717) is 0 Å². The lowest BCUT2D eigenvalue weighted by Gasteiger charge is -2.15. The molecule has 3 N–H and O–H groups in total. The summed E-state index contributed by atoms with van der Waals surface area (Å²) in [5.74, 6) is -0.659. The minimum absolute atomic E-state index is 0.0796. The van der Waals surface area contributed by atoms with Gasteiger partial charge in [0.15, 0.2) is 0 Å². The Morgan fingerprint density at radius 1 is 1.39 bits per heavy atom. The van der Waals surface area contributed by atoms with Crippen LogP contribution in [0, 0.1) is 6.92 Å². The van der Waals surface area contributed by atoms with Crippen molar-refractivity contribution in [1.29, 1.82) is 0 Å². The quantitative estimate of drug-likeness (QED) is 0.678. The van der Waals surface area contributed by atoms with Gasteiger partial charge in [-0.05, 0) is 30.5 Å². The Kier molecular flexibility index (Phi) is 5.13. The summed E-state index contributed by atoms with van der Waals surface area (Å²) in [6, 6.07) is 5.77. The Morgan fingerprint density at radius 2 is 2.06 bits per heavy atom. The van der Waals surface area contributed by atoms with Gasteiger partial charge >= 0.3 is 0 Å². The second-order valence-corrected chi connectivity index (χ2v) is 5.74. The highest BCUT2D eigenvalue weighted by Crippen LogP contribution is 2.19. The van der Waals surface area contributed by atoms with E-state index in [9.17, 15) is 13.5 Å². The van der Waals surface area contributed by atoms with Crippen molar-refractivity contribution in [2.24, 2.45) is 0 Å².